The molecule has 1 N–H and O–H groups in total. The summed E-state index contributed by atoms with van der Waals surface area (Å²) in [6.07, 6.45) is -2.60. The van der Waals surface area contributed by atoms with Crippen molar-refractivity contribution in [2.75, 3.05) is 10.8 Å². The molecular weight excluding hydrogens is 618 g/mol. The summed E-state index contributed by atoms with van der Waals surface area (Å²) < 4.78 is 49.6. The van der Waals surface area contributed by atoms with E-state index < -0.39 is 63.7 Å². The van der Waals surface area contributed by atoms with Gasteiger partial charge >= 0.3 is 5.97 Å². The van der Waals surface area contributed by atoms with Gasteiger partial charge in [-0.2, -0.15) is 0 Å². The molecule has 0 bridgehead atoms. The van der Waals surface area contributed by atoms with Crippen LogP contribution in [-0.2, 0) is 24.3 Å². The van der Waals surface area contributed by atoms with Crippen LogP contribution in [0.1, 0.15) is 56.9 Å². The van der Waals surface area contributed by atoms with Gasteiger partial charge in [0.15, 0.2) is 0 Å². The molecule has 1 fully saturated rings. The van der Waals surface area contributed by atoms with E-state index >= 15 is 4.39 Å². The summed E-state index contributed by atoms with van der Waals surface area (Å²) in [5.74, 6) is -2.59. The molecular formula is C31H33Cl2FN2O6S. The number of hydrogen-bond donors (Lipinski definition) is 1. The van der Waals surface area contributed by atoms with Crippen LogP contribution in [0.15, 0.2) is 72.8 Å². The summed E-state index contributed by atoms with van der Waals surface area (Å²) in [4.78, 5) is 27.5. The lowest BCUT2D eigenvalue weighted by molar-refractivity contribution is -0.183. The van der Waals surface area contributed by atoms with Gasteiger partial charge in [-0.25, -0.2) is 12.8 Å². The lowest BCUT2D eigenvalue weighted by Gasteiger charge is -2.48. The monoisotopic (exact) mass is 650 g/mol. The number of amides is 1. The summed E-state index contributed by atoms with van der Waals surface area (Å²) >= 11 is 12.5. The van der Waals surface area contributed by atoms with Crippen LogP contribution < -0.4 is 4.31 Å². The highest BCUT2D eigenvalue weighted by Crippen LogP contribution is 2.45. The Bertz CT molecular complexity index is 1570. The third kappa shape index (κ3) is 7.15. The standard InChI is InChI=1S/C31H33Cl2FN2O6S/c1-4-24(18-35(43(40,41)19(2)3)26-11-6-5-10-25(26)34)36-29(20-12-14-22(32)15-13-20)30(21-8-7-9-23(33)16-21)42-27(31(36)39)17-28(37)38/h5-16,19,24,27,29-30H,4,17-18H2,1-3H3,(H,37,38)/t24?,27?,29-,30?/m1/s1. The van der Waals surface area contributed by atoms with Crippen molar-refractivity contribution in [2.45, 2.75) is 63.2 Å². The molecule has 230 valence electrons. The predicted molar refractivity (Wildman–Crippen MR) is 164 cm³/mol. The molecule has 1 amide bonds. The third-order valence-corrected chi connectivity index (χ3v) is 10.1. The smallest absolute Gasteiger partial charge is 0.306 e. The van der Waals surface area contributed by atoms with E-state index in [4.69, 9.17) is 27.9 Å². The van der Waals surface area contributed by atoms with E-state index in [1.807, 2.05) is 0 Å². The van der Waals surface area contributed by atoms with E-state index in [1.54, 1.807) is 55.5 Å². The van der Waals surface area contributed by atoms with Gasteiger partial charge in [-0.1, -0.05) is 66.5 Å². The second-order valence-corrected chi connectivity index (χ2v) is 13.9. The van der Waals surface area contributed by atoms with Gasteiger partial charge in [0, 0.05) is 10.0 Å². The number of aliphatic carboxylic acids is 1. The Morgan fingerprint density at radius 2 is 1.70 bits per heavy atom. The lowest BCUT2D eigenvalue weighted by Crippen LogP contribution is -2.58. The number of nitrogens with zero attached hydrogens (tertiary/aromatic N) is 2. The molecule has 4 rings (SSSR count). The Balaban J connectivity index is 1.91. The first-order chi connectivity index (χ1) is 20.3. The maximum Gasteiger partial charge on any atom is 0.306 e. The van der Waals surface area contributed by atoms with Gasteiger partial charge in [0.25, 0.3) is 5.91 Å². The first kappa shape index (κ1) is 32.7. The van der Waals surface area contributed by atoms with Crippen LogP contribution in [0.3, 0.4) is 0 Å². The van der Waals surface area contributed by atoms with Gasteiger partial charge < -0.3 is 14.7 Å². The van der Waals surface area contributed by atoms with Gasteiger partial charge in [-0.05, 0) is 67.8 Å². The van der Waals surface area contributed by atoms with Gasteiger partial charge in [0.05, 0.1) is 36.0 Å². The van der Waals surface area contributed by atoms with E-state index in [-0.39, 0.29) is 18.7 Å². The summed E-state index contributed by atoms with van der Waals surface area (Å²) in [7, 11) is -4.07. The minimum absolute atomic E-state index is 0.146. The highest BCUT2D eigenvalue weighted by atomic mass is 35.5. The normalized spacial score (nSPS) is 19.8. The van der Waals surface area contributed by atoms with Gasteiger partial charge in [-0.3, -0.25) is 13.9 Å². The zero-order valence-electron chi connectivity index (χ0n) is 23.9. The SMILES string of the molecule is CCC(CN(c1ccccc1F)S(=O)(=O)C(C)C)N1C(=O)C(CC(=O)O)OC(c2cccc(Cl)c2)[C@H]1c1ccc(Cl)cc1. The molecule has 1 aliphatic heterocycles. The summed E-state index contributed by atoms with van der Waals surface area (Å²) in [5.41, 5.74) is 1.07. The number of carbonyl (C=O) groups is 2. The second kappa shape index (κ2) is 13.6. The fraction of sp³-hybridized carbons (Fsp3) is 0.355. The van der Waals surface area contributed by atoms with Crippen LogP contribution in [0, 0.1) is 5.82 Å². The van der Waals surface area contributed by atoms with Crippen LogP contribution in [0.25, 0.3) is 0 Å². The average Bonchev–Trinajstić information content (AvgIpc) is 2.95. The molecule has 1 saturated heterocycles. The molecule has 12 heteroatoms. The number of rotatable bonds is 11. The minimum Gasteiger partial charge on any atom is -0.481 e. The Morgan fingerprint density at radius 1 is 1.02 bits per heavy atom. The fourth-order valence-corrected chi connectivity index (χ4v) is 6.89. The summed E-state index contributed by atoms with van der Waals surface area (Å²) in [6.45, 7) is 4.50. The molecule has 3 unspecified atom stereocenters. The molecule has 8 nitrogen and oxygen atoms in total. The zero-order chi connectivity index (χ0) is 31.5. The van der Waals surface area contributed by atoms with Crippen LogP contribution in [0.2, 0.25) is 10.0 Å². The van der Waals surface area contributed by atoms with Crippen LogP contribution in [0.4, 0.5) is 10.1 Å². The summed E-state index contributed by atoms with van der Waals surface area (Å²) in [6, 6.07) is 17.5. The quantitative estimate of drug-likeness (QED) is 0.249. The van der Waals surface area contributed by atoms with Crippen molar-refractivity contribution in [3.05, 3.63) is 99.8 Å². The Labute approximate surface area is 261 Å². The van der Waals surface area contributed by atoms with Crippen molar-refractivity contribution >= 4 is 50.8 Å². The lowest BCUT2D eigenvalue weighted by atomic mass is 9.89. The Morgan fingerprint density at radius 3 is 2.28 bits per heavy atom. The van der Waals surface area contributed by atoms with E-state index in [1.165, 1.54) is 43.0 Å². The van der Waals surface area contributed by atoms with Crippen LogP contribution >= 0.6 is 23.2 Å². The molecule has 0 spiro atoms. The first-order valence-corrected chi connectivity index (χ1v) is 16.1. The van der Waals surface area contributed by atoms with E-state index in [0.29, 0.717) is 21.2 Å². The zero-order valence-corrected chi connectivity index (χ0v) is 26.2. The molecule has 3 aromatic carbocycles. The molecule has 1 aliphatic rings. The van der Waals surface area contributed by atoms with E-state index in [2.05, 4.69) is 0 Å². The van der Waals surface area contributed by atoms with Crippen molar-refractivity contribution in [1.82, 2.24) is 4.90 Å². The maximum absolute atomic E-state index is 15.1. The molecule has 0 saturated carbocycles. The van der Waals surface area contributed by atoms with Crippen molar-refractivity contribution in [3.63, 3.8) is 0 Å². The number of carbonyl (C=O) groups excluding carboxylic acids is 1. The molecule has 43 heavy (non-hydrogen) atoms. The van der Waals surface area contributed by atoms with Gasteiger partial charge in [0.1, 0.15) is 18.0 Å². The number of hydrogen-bond acceptors (Lipinski definition) is 5. The fourth-order valence-electron chi connectivity index (χ4n) is 5.25. The molecule has 0 aromatic heterocycles. The number of anilines is 1. The number of carboxylic acids is 1. The average molecular weight is 652 g/mol. The van der Waals surface area contributed by atoms with Gasteiger partial charge in [-0.15, -0.1) is 0 Å². The van der Waals surface area contributed by atoms with Gasteiger partial charge in [0.2, 0.25) is 10.0 Å². The highest BCUT2D eigenvalue weighted by Gasteiger charge is 2.48. The highest BCUT2D eigenvalue weighted by molar-refractivity contribution is 7.93. The Kier molecular flexibility index (Phi) is 10.4. The number of benzene rings is 3. The molecule has 3 aromatic rings. The molecule has 1 heterocycles. The third-order valence-electron chi connectivity index (χ3n) is 7.44. The van der Waals surface area contributed by atoms with Crippen molar-refractivity contribution in [3.8, 4) is 0 Å². The minimum atomic E-state index is -4.07. The molecule has 0 aliphatic carbocycles. The van der Waals surface area contributed by atoms with E-state index in [0.717, 1.165) is 4.31 Å². The molecule has 0 radical (unpaired) electrons. The predicted octanol–water partition coefficient (Wildman–Crippen LogP) is 6.64. The van der Waals surface area contributed by atoms with Crippen molar-refractivity contribution in [1.29, 1.82) is 0 Å². The number of morpholine rings is 1. The van der Waals surface area contributed by atoms with Crippen molar-refractivity contribution < 1.29 is 32.2 Å². The molecule has 4 atom stereocenters. The second-order valence-electron chi connectivity index (χ2n) is 10.6. The number of ether oxygens (including phenoxy) is 1. The largest absolute Gasteiger partial charge is 0.481 e. The first-order valence-electron chi connectivity index (χ1n) is 13.8. The maximum atomic E-state index is 15.1. The summed E-state index contributed by atoms with van der Waals surface area (Å²) in [5, 5.41) is 9.64. The number of sulfonamides is 1. The topological polar surface area (TPSA) is 104 Å². The number of halogens is 3. The Hall–Kier alpha value is -3.18. The van der Waals surface area contributed by atoms with Crippen molar-refractivity contribution in [2.24, 2.45) is 0 Å². The van der Waals surface area contributed by atoms with Crippen LogP contribution in [-0.4, -0.2) is 54.2 Å². The van der Waals surface area contributed by atoms with Crippen LogP contribution in [0.5, 0.6) is 0 Å². The number of carboxylic acid groups (broad SMARTS) is 1. The van der Waals surface area contributed by atoms with E-state index in [9.17, 15) is 23.1 Å². The number of para-hydroxylation sites is 1.